The lowest BCUT2D eigenvalue weighted by atomic mass is 10.0. The lowest BCUT2D eigenvalue weighted by Crippen LogP contribution is -2.54. The SMILES string of the molecule is CN1CC2(CCN(C(=O)c3cccc(-c4cc5ccccc5oc4=O)c3)C2)OCC1=O. The fraction of sp³-hybridized carbons (Fsp3) is 0.292. The molecule has 1 atom stereocenters. The Balaban J connectivity index is 1.41. The highest BCUT2D eigenvalue weighted by Gasteiger charge is 2.45. The molecule has 3 heterocycles. The lowest BCUT2D eigenvalue weighted by Gasteiger charge is -2.38. The third kappa shape index (κ3) is 3.51. The van der Waals surface area contributed by atoms with Gasteiger partial charge in [-0.05, 0) is 36.2 Å². The third-order valence-corrected chi connectivity index (χ3v) is 6.12. The molecule has 3 aromatic rings. The van der Waals surface area contributed by atoms with E-state index in [0.29, 0.717) is 48.3 Å². The van der Waals surface area contributed by atoms with Crippen molar-refractivity contribution in [3.63, 3.8) is 0 Å². The highest BCUT2D eigenvalue weighted by atomic mass is 16.5. The van der Waals surface area contributed by atoms with Gasteiger partial charge in [0.05, 0.1) is 18.7 Å². The van der Waals surface area contributed by atoms with Gasteiger partial charge in [0.15, 0.2) is 0 Å². The van der Waals surface area contributed by atoms with Crippen LogP contribution in [0.3, 0.4) is 0 Å². The maximum atomic E-state index is 13.2. The standard InChI is InChI=1S/C24H22N2O5/c1-25-14-24(30-13-21(25)27)9-10-26(15-24)22(28)18-7-4-6-16(11-18)19-12-17-5-2-3-8-20(17)31-23(19)29/h2-8,11-12H,9-10,13-15H2,1H3. The summed E-state index contributed by atoms with van der Waals surface area (Å²) >= 11 is 0. The van der Waals surface area contributed by atoms with Crippen molar-refractivity contribution in [2.75, 3.05) is 33.3 Å². The number of carbonyl (C=O) groups is 2. The van der Waals surface area contributed by atoms with E-state index in [4.69, 9.17) is 9.15 Å². The van der Waals surface area contributed by atoms with Gasteiger partial charge in [0, 0.05) is 24.5 Å². The maximum Gasteiger partial charge on any atom is 0.344 e. The molecule has 158 valence electrons. The van der Waals surface area contributed by atoms with E-state index in [0.717, 1.165) is 5.39 Å². The van der Waals surface area contributed by atoms with Crippen LogP contribution in [0.25, 0.3) is 22.1 Å². The molecule has 2 fully saturated rings. The second-order valence-electron chi connectivity index (χ2n) is 8.26. The number of rotatable bonds is 2. The molecule has 2 amide bonds. The van der Waals surface area contributed by atoms with Crippen LogP contribution in [0.2, 0.25) is 0 Å². The normalized spacial score (nSPS) is 21.3. The van der Waals surface area contributed by atoms with Gasteiger partial charge in [-0.1, -0.05) is 30.3 Å². The van der Waals surface area contributed by atoms with Gasteiger partial charge in [-0.25, -0.2) is 4.79 Å². The summed E-state index contributed by atoms with van der Waals surface area (Å²) in [5.41, 5.74) is 1.14. The van der Waals surface area contributed by atoms with Crippen molar-refractivity contribution in [3.05, 3.63) is 70.6 Å². The van der Waals surface area contributed by atoms with Gasteiger partial charge >= 0.3 is 5.63 Å². The van der Waals surface area contributed by atoms with Crippen LogP contribution in [-0.4, -0.2) is 60.5 Å². The first-order valence-electron chi connectivity index (χ1n) is 10.2. The number of para-hydroxylation sites is 1. The Bertz CT molecular complexity index is 1250. The van der Waals surface area contributed by atoms with E-state index < -0.39 is 11.2 Å². The van der Waals surface area contributed by atoms with Gasteiger partial charge in [-0.3, -0.25) is 9.59 Å². The second kappa shape index (κ2) is 7.35. The number of fused-ring (bicyclic) bond motifs is 1. The first kappa shape index (κ1) is 19.5. The smallest absolute Gasteiger partial charge is 0.344 e. The van der Waals surface area contributed by atoms with E-state index in [1.807, 2.05) is 18.2 Å². The van der Waals surface area contributed by atoms with Crippen molar-refractivity contribution in [3.8, 4) is 11.1 Å². The zero-order valence-electron chi connectivity index (χ0n) is 17.2. The molecule has 31 heavy (non-hydrogen) atoms. The molecule has 2 saturated heterocycles. The molecule has 1 unspecified atom stereocenters. The molecule has 5 rings (SSSR count). The summed E-state index contributed by atoms with van der Waals surface area (Å²) < 4.78 is 11.3. The van der Waals surface area contributed by atoms with Gasteiger partial charge in [0.1, 0.15) is 17.8 Å². The summed E-state index contributed by atoms with van der Waals surface area (Å²) in [6.07, 6.45) is 0.685. The van der Waals surface area contributed by atoms with Crippen molar-refractivity contribution in [2.45, 2.75) is 12.0 Å². The molecule has 2 aliphatic heterocycles. The fourth-order valence-corrected chi connectivity index (χ4v) is 4.42. The van der Waals surface area contributed by atoms with E-state index in [1.165, 1.54) is 0 Å². The number of likely N-dealkylation sites (tertiary alicyclic amines) is 1. The van der Waals surface area contributed by atoms with Gasteiger partial charge < -0.3 is 19.0 Å². The minimum Gasteiger partial charge on any atom is -0.422 e. The average molecular weight is 418 g/mol. The predicted molar refractivity (Wildman–Crippen MR) is 115 cm³/mol. The minimum atomic E-state index is -0.505. The van der Waals surface area contributed by atoms with Gasteiger partial charge in [-0.2, -0.15) is 0 Å². The molecule has 7 heteroatoms. The molecule has 2 aromatic carbocycles. The number of hydrogen-bond acceptors (Lipinski definition) is 5. The van der Waals surface area contributed by atoms with E-state index in [1.54, 1.807) is 53.2 Å². The van der Waals surface area contributed by atoms with Crippen LogP contribution in [0.1, 0.15) is 16.8 Å². The number of ether oxygens (including phenoxy) is 1. The van der Waals surface area contributed by atoms with E-state index in [2.05, 4.69) is 0 Å². The molecule has 0 bridgehead atoms. The number of benzene rings is 2. The number of nitrogens with zero attached hydrogens (tertiary/aromatic N) is 2. The van der Waals surface area contributed by atoms with E-state index >= 15 is 0 Å². The van der Waals surface area contributed by atoms with Crippen LogP contribution in [0, 0.1) is 0 Å². The van der Waals surface area contributed by atoms with E-state index in [-0.39, 0.29) is 18.4 Å². The van der Waals surface area contributed by atoms with Crippen molar-refractivity contribution >= 4 is 22.8 Å². The number of amides is 2. The maximum absolute atomic E-state index is 13.2. The molecule has 7 nitrogen and oxygen atoms in total. The molecule has 0 N–H and O–H groups in total. The Hall–Kier alpha value is -3.45. The number of likely N-dealkylation sites (N-methyl/N-ethyl adjacent to an activating group) is 1. The molecular formula is C24H22N2O5. The summed E-state index contributed by atoms with van der Waals surface area (Å²) in [7, 11) is 1.76. The summed E-state index contributed by atoms with van der Waals surface area (Å²) in [6.45, 7) is 1.52. The third-order valence-electron chi connectivity index (χ3n) is 6.12. The van der Waals surface area contributed by atoms with Crippen molar-refractivity contribution in [1.82, 2.24) is 9.80 Å². The first-order valence-corrected chi connectivity index (χ1v) is 10.2. The van der Waals surface area contributed by atoms with Crippen LogP contribution in [0.5, 0.6) is 0 Å². The van der Waals surface area contributed by atoms with E-state index in [9.17, 15) is 14.4 Å². The summed E-state index contributed by atoms with van der Waals surface area (Å²) in [5.74, 6) is -0.163. The van der Waals surface area contributed by atoms with Crippen molar-refractivity contribution in [1.29, 1.82) is 0 Å². The Morgan fingerprint density at radius 3 is 2.71 bits per heavy atom. The number of carbonyl (C=O) groups excluding carboxylic acids is 2. The monoisotopic (exact) mass is 418 g/mol. The van der Waals surface area contributed by atoms with Crippen LogP contribution < -0.4 is 5.63 Å². The lowest BCUT2D eigenvalue weighted by molar-refractivity contribution is -0.158. The zero-order valence-corrected chi connectivity index (χ0v) is 17.2. The molecule has 0 aliphatic carbocycles. The minimum absolute atomic E-state index is 0.0441. The van der Waals surface area contributed by atoms with Gasteiger partial charge in [0.2, 0.25) is 5.91 Å². The molecule has 1 aromatic heterocycles. The quantitative estimate of drug-likeness (QED) is 0.598. The van der Waals surface area contributed by atoms with Crippen LogP contribution in [0.15, 0.2) is 63.8 Å². The predicted octanol–water partition coefficient (Wildman–Crippen LogP) is 2.53. The fourth-order valence-electron chi connectivity index (χ4n) is 4.42. The molecule has 0 saturated carbocycles. The van der Waals surface area contributed by atoms with Crippen LogP contribution in [0.4, 0.5) is 0 Å². The Morgan fingerprint density at radius 1 is 1.03 bits per heavy atom. The molecule has 0 radical (unpaired) electrons. The summed E-state index contributed by atoms with van der Waals surface area (Å²) in [4.78, 5) is 40.9. The first-order chi connectivity index (χ1) is 14.9. The Labute approximate surface area is 178 Å². The molecular weight excluding hydrogens is 396 g/mol. The highest BCUT2D eigenvalue weighted by molar-refractivity contribution is 5.96. The summed E-state index contributed by atoms with van der Waals surface area (Å²) in [5, 5.41) is 0.823. The Morgan fingerprint density at radius 2 is 1.87 bits per heavy atom. The van der Waals surface area contributed by atoms with Gasteiger partial charge in [-0.15, -0.1) is 0 Å². The molecule has 1 spiro atoms. The van der Waals surface area contributed by atoms with Crippen LogP contribution >= 0.6 is 0 Å². The highest BCUT2D eigenvalue weighted by Crippen LogP contribution is 2.30. The topological polar surface area (TPSA) is 80.1 Å². The number of hydrogen-bond donors (Lipinski definition) is 0. The van der Waals surface area contributed by atoms with Crippen LogP contribution in [-0.2, 0) is 9.53 Å². The summed E-state index contributed by atoms with van der Waals surface area (Å²) in [6, 6.07) is 16.2. The zero-order chi connectivity index (χ0) is 21.6. The van der Waals surface area contributed by atoms with Gasteiger partial charge in [0.25, 0.3) is 5.91 Å². The average Bonchev–Trinajstić information content (AvgIpc) is 3.19. The largest absolute Gasteiger partial charge is 0.422 e. The number of morpholine rings is 1. The molecule has 2 aliphatic rings. The second-order valence-corrected chi connectivity index (χ2v) is 8.26. The van der Waals surface area contributed by atoms with Crippen molar-refractivity contribution in [2.24, 2.45) is 0 Å². The Kier molecular flexibility index (Phi) is 4.63. The van der Waals surface area contributed by atoms with Crippen molar-refractivity contribution < 1.29 is 18.7 Å².